The molecule has 4 rings (SSSR count). The van der Waals surface area contributed by atoms with Gasteiger partial charge in [-0.25, -0.2) is 4.79 Å². The van der Waals surface area contributed by atoms with Gasteiger partial charge in [0.25, 0.3) is 11.1 Å². The molecule has 3 amide bonds. The molecule has 1 aliphatic heterocycles. The fourth-order valence-electron chi connectivity index (χ4n) is 3.27. The van der Waals surface area contributed by atoms with Crippen LogP contribution in [0.5, 0.6) is 5.75 Å². The lowest BCUT2D eigenvalue weighted by Gasteiger charge is -2.12. The van der Waals surface area contributed by atoms with Crippen LogP contribution in [0.15, 0.2) is 62.6 Å². The van der Waals surface area contributed by atoms with Crippen LogP contribution < -0.4 is 15.7 Å². The van der Waals surface area contributed by atoms with Crippen molar-refractivity contribution in [3.05, 3.63) is 75.0 Å². The maximum Gasteiger partial charge on any atom is 0.336 e. The molecule has 0 atom stereocenters. The Kier molecular flexibility index (Phi) is 5.83. The number of carbonyl (C=O) groups is 3. The smallest absolute Gasteiger partial charge is 0.336 e. The second kappa shape index (κ2) is 8.72. The Morgan fingerprint density at radius 1 is 1.16 bits per heavy atom. The molecule has 0 saturated carbocycles. The standard InChI is InChI=1S/C23H18N2O6S/c1-13-8-21(27)31-18-11-15(6-7-17(13)18)24-20(26)12-25-22(28)19(32-23(25)29)10-14-4-3-5-16(9-14)30-2/h3-11H,12H2,1-2H3,(H,24,26)/b19-10-. The number of rotatable bonds is 5. The number of thioether (sulfide) groups is 1. The molecule has 1 aromatic heterocycles. The minimum atomic E-state index is -0.552. The van der Waals surface area contributed by atoms with Crippen molar-refractivity contribution >= 4 is 51.5 Å². The predicted octanol–water partition coefficient (Wildman–Crippen LogP) is 3.79. The van der Waals surface area contributed by atoms with Crippen LogP contribution in [-0.4, -0.2) is 35.6 Å². The van der Waals surface area contributed by atoms with E-state index in [9.17, 15) is 19.2 Å². The summed E-state index contributed by atoms with van der Waals surface area (Å²) in [4.78, 5) is 50.2. The Morgan fingerprint density at radius 2 is 1.97 bits per heavy atom. The van der Waals surface area contributed by atoms with E-state index in [-0.39, 0.29) is 4.91 Å². The average molecular weight is 450 g/mol. The molecule has 9 heteroatoms. The fourth-order valence-corrected chi connectivity index (χ4v) is 4.10. The van der Waals surface area contributed by atoms with Crippen molar-refractivity contribution < 1.29 is 23.5 Å². The summed E-state index contributed by atoms with van der Waals surface area (Å²) in [6.07, 6.45) is 1.58. The summed E-state index contributed by atoms with van der Waals surface area (Å²) >= 11 is 0.771. The Bertz CT molecular complexity index is 1340. The SMILES string of the molecule is COc1cccc(/C=C2\SC(=O)N(CC(=O)Nc3ccc4c(C)cc(=O)oc4c3)C2=O)c1. The molecule has 0 spiro atoms. The zero-order valence-electron chi connectivity index (χ0n) is 17.2. The van der Waals surface area contributed by atoms with E-state index in [1.54, 1.807) is 49.4 Å². The molecule has 3 aromatic rings. The van der Waals surface area contributed by atoms with Crippen molar-refractivity contribution in [2.45, 2.75) is 6.92 Å². The van der Waals surface area contributed by atoms with E-state index in [1.165, 1.54) is 19.2 Å². The van der Waals surface area contributed by atoms with Crippen LogP contribution in [0.3, 0.4) is 0 Å². The van der Waals surface area contributed by atoms with Crippen LogP contribution in [0.25, 0.3) is 17.0 Å². The van der Waals surface area contributed by atoms with E-state index in [2.05, 4.69) is 5.32 Å². The van der Waals surface area contributed by atoms with Crippen molar-refractivity contribution in [2.75, 3.05) is 19.0 Å². The molecule has 1 fully saturated rings. The van der Waals surface area contributed by atoms with Gasteiger partial charge in [0, 0.05) is 23.2 Å². The Hall–Kier alpha value is -3.85. The highest BCUT2D eigenvalue weighted by Crippen LogP contribution is 2.32. The highest BCUT2D eigenvalue weighted by Gasteiger charge is 2.36. The lowest BCUT2D eigenvalue weighted by Crippen LogP contribution is -2.36. The molecule has 1 saturated heterocycles. The van der Waals surface area contributed by atoms with E-state index >= 15 is 0 Å². The monoisotopic (exact) mass is 450 g/mol. The number of methoxy groups -OCH3 is 1. The van der Waals surface area contributed by atoms with Gasteiger partial charge in [0.15, 0.2) is 0 Å². The summed E-state index contributed by atoms with van der Waals surface area (Å²) in [5.74, 6) is -0.471. The molecule has 8 nitrogen and oxygen atoms in total. The number of ether oxygens (including phenoxy) is 1. The number of anilines is 1. The molecule has 0 aliphatic carbocycles. The van der Waals surface area contributed by atoms with Gasteiger partial charge in [-0.05, 0) is 60.2 Å². The second-order valence-electron chi connectivity index (χ2n) is 7.05. The summed E-state index contributed by atoms with van der Waals surface area (Å²) in [5, 5.41) is 2.85. The molecule has 162 valence electrons. The highest BCUT2D eigenvalue weighted by molar-refractivity contribution is 8.18. The van der Waals surface area contributed by atoms with Crippen LogP contribution in [0, 0.1) is 6.92 Å². The van der Waals surface area contributed by atoms with Crippen LogP contribution in [0.4, 0.5) is 10.5 Å². The van der Waals surface area contributed by atoms with Crippen molar-refractivity contribution in [3.8, 4) is 5.75 Å². The average Bonchev–Trinajstić information content (AvgIpc) is 3.00. The Balaban J connectivity index is 1.48. The number of imide groups is 1. The molecule has 1 aliphatic rings. The van der Waals surface area contributed by atoms with E-state index in [4.69, 9.17) is 9.15 Å². The first kappa shape index (κ1) is 21.4. The largest absolute Gasteiger partial charge is 0.497 e. The van der Waals surface area contributed by atoms with Gasteiger partial charge in [-0.1, -0.05) is 12.1 Å². The normalized spacial score (nSPS) is 14.9. The fraction of sp³-hybridized carbons (Fsp3) is 0.130. The van der Waals surface area contributed by atoms with Crippen LogP contribution in [-0.2, 0) is 9.59 Å². The third kappa shape index (κ3) is 4.42. The van der Waals surface area contributed by atoms with Crippen molar-refractivity contribution in [3.63, 3.8) is 0 Å². The number of amides is 3. The molecule has 0 radical (unpaired) electrons. The summed E-state index contributed by atoms with van der Waals surface area (Å²) in [6.45, 7) is 1.35. The zero-order chi connectivity index (χ0) is 22.8. The van der Waals surface area contributed by atoms with Crippen LogP contribution in [0.1, 0.15) is 11.1 Å². The molecule has 0 bridgehead atoms. The quantitative estimate of drug-likeness (QED) is 0.466. The second-order valence-corrected chi connectivity index (χ2v) is 8.05. The van der Waals surface area contributed by atoms with Gasteiger partial charge in [0.1, 0.15) is 17.9 Å². The lowest BCUT2D eigenvalue weighted by atomic mass is 10.1. The van der Waals surface area contributed by atoms with Gasteiger partial charge >= 0.3 is 5.63 Å². The van der Waals surface area contributed by atoms with Gasteiger partial charge < -0.3 is 14.5 Å². The number of hydrogen-bond acceptors (Lipinski definition) is 7. The predicted molar refractivity (Wildman–Crippen MR) is 122 cm³/mol. The number of fused-ring (bicyclic) bond motifs is 1. The Morgan fingerprint density at radius 3 is 2.75 bits per heavy atom. The molecular weight excluding hydrogens is 432 g/mol. The summed E-state index contributed by atoms with van der Waals surface area (Å²) < 4.78 is 10.3. The number of nitrogens with zero attached hydrogens (tertiary/aromatic N) is 1. The van der Waals surface area contributed by atoms with Crippen LogP contribution >= 0.6 is 11.8 Å². The zero-order valence-corrected chi connectivity index (χ0v) is 18.0. The van der Waals surface area contributed by atoms with E-state index in [0.717, 1.165) is 27.6 Å². The molecule has 2 aromatic carbocycles. The summed E-state index contributed by atoms with van der Waals surface area (Å²) in [5.41, 5.74) is 1.69. The number of hydrogen-bond donors (Lipinski definition) is 1. The first-order valence-corrected chi connectivity index (χ1v) is 10.4. The summed E-state index contributed by atoms with van der Waals surface area (Å²) in [6, 6.07) is 13.4. The minimum Gasteiger partial charge on any atom is -0.497 e. The molecule has 2 heterocycles. The van der Waals surface area contributed by atoms with Crippen molar-refractivity contribution in [1.82, 2.24) is 4.90 Å². The first-order valence-electron chi connectivity index (χ1n) is 9.58. The van der Waals surface area contributed by atoms with Gasteiger partial charge in [-0.2, -0.15) is 0 Å². The molecule has 0 unspecified atom stereocenters. The molecule has 32 heavy (non-hydrogen) atoms. The number of benzene rings is 2. The van der Waals surface area contributed by atoms with Gasteiger partial charge in [0.2, 0.25) is 5.91 Å². The van der Waals surface area contributed by atoms with Crippen molar-refractivity contribution in [1.29, 1.82) is 0 Å². The van der Waals surface area contributed by atoms with Crippen molar-refractivity contribution in [2.24, 2.45) is 0 Å². The third-order valence-electron chi connectivity index (χ3n) is 4.80. The number of carbonyl (C=O) groups excluding carboxylic acids is 3. The van der Waals surface area contributed by atoms with Gasteiger partial charge in [-0.3, -0.25) is 19.3 Å². The van der Waals surface area contributed by atoms with E-state index in [1.807, 2.05) is 0 Å². The maximum atomic E-state index is 12.7. The van der Waals surface area contributed by atoms with E-state index < -0.39 is 29.2 Å². The van der Waals surface area contributed by atoms with Crippen LogP contribution in [0.2, 0.25) is 0 Å². The Labute approximate surface area is 186 Å². The molecular formula is C23H18N2O6S. The lowest BCUT2D eigenvalue weighted by molar-refractivity contribution is -0.127. The topological polar surface area (TPSA) is 106 Å². The van der Waals surface area contributed by atoms with Gasteiger partial charge in [0.05, 0.1) is 12.0 Å². The maximum absolute atomic E-state index is 12.7. The summed E-state index contributed by atoms with van der Waals surface area (Å²) in [7, 11) is 1.54. The number of nitrogens with one attached hydrogen (secondary N) is 1. The molecule has 1 N–H and O–H groups in total. The minimum absolute atomic E-state index is 0.221. The number of aryl methyl sites for hydroxylation is 1. The van der Waals surface area contributed by atoms with Gasteiger partial charge in [-0.15, -0.1) is 0 Å². The van der Waals surface area contributed by atoms with E-state index in [0.29, 0.717) is 22.6 Å². The third-order valence-corrected chi connectivity index (χ3v) is 5.71. The highest BCUT2D eigenvalue weighted by atomic mass is 32.2. The first-order chi connectivity index (χ1) is 15.3.